The molecule has 0 atom stereocenters. The lowest BCUT2D eigenvalue weighted by atomic mass is 10.2. The molecule has 3 aromatic rings. The molecule has 1 aromatic heterocycles. The SMILES string of the molecule is COc1cccc(-c2nnc(CNC(=O)CNC(=O)c3ccccc3)o2)c1. The molecule has 138 valence electrons. The predicted molar refractivity (Wildman–Crippen MR) is 96.9 cm³/mol. The Kier molecular flexibility index (Phi) is 5.78. The van der Waals surface area contributed by atoms with Gasteiger partial charge in [0.05, 0.1) is 20.2 Å². The summed E-state index contributed by atoms with van der Waals surface area (Å²) in [6.45, 7) is -0.0817. The molecule has 0 bridgehead atoms. The predicted octanol–water partition coefficient (Wildman–Crippen LogP) is 1.79. The summed E-state index contributed by atoms with van der Waals surface area (Å²) >= 11 is 0. The second-order valence-electron chi connectivity index (χ2n) is 5.56. The number of hydrogen-bond donors (Lipinski definition) is 2. The Morgan fingerprint density at radius 2 is 1.85 bits per heavy atom. The third-order valence-corrected chi connectivity index (χ3v) is 3.67. The van der Waals surface area contributed by atoms with Gasteiger partial charge >= 0.3 is 0 Å². The molecule has 2 N–H and O–H groups in total. The van der Waals surface area contributed by atoms with E-state index in [1.54, 1.807) is 37.4 Å². The number of benzene rings is 2. The monoisotopic (exact) mass is 366 g/mol. The summed E-state index contributed by atoms with van der Waals surface area (Å²) in [4.78, 5) is 23.8. The van der Waals surface area contributed by atoms with E-state index in [9.17, 15) is 9.59 Å². The van der Waals surface area contributed by atoms with Crippen molar-refractivity contribution >= 4 is 11.8 Å². The van der Waals surface area contributed by atoms with Crippen molar-refractivity contribution in [1.82, 2.24) is 20.8 Å². The van der Waals surface area contributed by atoms with E-state index in [1.165, 1.54) is 0 Å². The van der Waals surface area contributed by atoms with Crippen LogP contribution in [0.15, 0.2) is 59.0 Å². The highest BCUT2D eigenvalue weighted by molar-refractivity contribution is 5.96. The van der Waals surface area contributed by atoms with Crippen molar-refractivity contribution in [2.24, 2.45) is 0 Å². The summed E-state index contributed by atoms with van der Waals surface area (Å²) in [5.74, 6) is 0.588. The molecular weight excluding hydrogens is 348 g/mol. The van der Waals surface area contributed by atoms with Crippen LogP contribution in [0.4, 0.5) is 0 Å². The molecule has 0 radical (unpaired) electrons. The first kappa shape index (κ1) is 18.1. The summed E-state index contributed by atoms with van der Waals surface area (Å²) in [7, 11) is 1.57. The maximum absolute atomic E-state index is 11.9. The molecule has 27 heavy (non-hydrogen) atoms. The molecule has 0 spiro atoms. The highest BCUT2D eigenvalue weighted by atomic mass is 16.5. The van der Waals surface area contributed by atoms with Crippen molar-refractivity contribution in [3.8, 4) is 17.2 Å². The fraction of sp³-hybridized carbons (Fsp3) is 0.158. The second-order valence-corrected chi connectivity index (χ2v) is 5.56. The van der Waals surface area contributed by atoms with Crippen LogP contribution in [0, 0.1) is 0 Å². The van der Waals surface area contributed by atoms with E-state index in [0.717, 1.165) is 5.56 Å². The fourth-order valence-electron chi connectivity index (χ4n) is 2.29. The van der Waals surface area contributed by atoms with E-state index in [4.69, 9.17) is 9.15 Å². The number of nitrogens with zero attached hydrogens (tertiary/aromatic N) is 2. The number of aromatic nitrogens is 2. The largest absolute Gasteiger partial charge is 0.497 e. The highest BCUT2D eigenvalue weighted by Crippen LogP contribution is 2.22. The van der Waals surface area contributed by atoms with Crippen LogP contribution in [-0.2, 0) is 11.3 Å². The number of carbonyl (C=O) groups is 2. The summed E-state index contributed by atoms with van der Waals surface area (Å²) in [5, 5.41) is 13.0. The number of hydrogen-bond acceptors (Lipinski definition) is 6. The third-order valence-electron chi connectivity index (χ3n) is 3.67. The molecule has 1 heterocycles. The molecule has 0 saturated carbocycles. The van der Waals surface area contributed by atoms with Gasteiger partial charge in [0.25, 0.3) is 5.91 Å². The van der Waals surface area contributed by atoms with Gasteiger partial charge in [-0.1, -0.05) is 24.3 Å². The van der Waals surface area contributed by atoms with E-state index >= 15 is 0 Å². The molecule has 0 saturated heterocycles. The summed E-state index contributed by atoms with van der Waals surface area (Å²) in [5.41, 5.74) is 1.21. The van der Waals surface area contributed by atoms with E-state index in [-0.39, 0.29) is 30.8 Å². The second kappa shape index (κ2) is 8.61. The van der Waals surface area contributed by atoms with Crippen LogP contribution in [0.25, 0.3) is 11.5 Å². The van der Waals surface area contributed by atoms with Crippen molar-refractivity contribution in [3.05, 3.63) is 66.1 Å². The highest BCUT2D eigenvalue weighted by Gasteiger charge is 2.11. The molecule has 2 amide bonds. The summed E-state index contributed by atoms with van der Waals surface area (Å²) < 4.78 is 10.7. The standard InChI is InChI=1S/C19H18N4O4/c1-26-15-9-5-8-14(10-15)19-23-22-17(27-19)12-20-16(24)11-21-18(25)13-6-3-2-4-7-13/h2-10H,11-12H2,1H3,(H,20,24)(H,21,25). The van der Waals surface area contributed by atoms with Gasteiger partial charge < -0.3 is 19.8 Å². The molecule has 0 aliphatic rings. The maximum atomic E-state index is 11.9. The first-order chi connectivity index (χ1) is 13.2. The minimum Gasteiger partial charge on any atom is -0.497 e. The molecular formula is C19H18N4O4. The van der Waals surface area contributed by atoms with Gasteiger partial charge in [-0.15, -0.1) is 10.2 Å². The Hall–Kier alpha value is -3.68. The van der Waals surface area contributed by atoms with E-state index < -0.39 is 0 Å². The average molecular weight is 366 g/mol. The number of rotatable bonds is 7. The minimum absolute atomic E-state index is 0.0665. The Balaban J connectivity index is 1.49. The first-order valence-corrected chi connectivity index (χ1v) is 8.22. The normalized spacial score (nSPS) is 10.3. The van der Waals surface area contributed by atoms with Gasteiger partial charge in [0.2, 0.25) is 17.7 Å². The molecule has 0 aliphatic heterocycles. The number of amides is 2. The van der Waals surface area contributed by atoms with E-state index in [0.29, 0.717) is 17.2 Å². The van der Waals surface area contributed by atoms with Gasteiger partial charge in [-0.2, -0.15) is 0 Å². The van der Waals surface area contributed by atoms with Crippen molar-refractivity contribution < 1.29 is 18.7 Å². The van der Waals surface area contributed by atoms with E-state index in [1.807, 2.05) is 24.3 Å². The molecule has 3 rings (SSSR count). The van der Waals surface area contributed by atoms with E-state index in [2.05, 4.69) is 20.8 Å². The lowest BCUT2D eigenvalue weighted by molar-refractivity contribution is -0.120. The van der Waals surface area contributed by atoms with Crippen LogP contribution in [0.3, 0.4) is 0 Å². The van der Waals surface area contributed by atoms with Gasteiger partial charge in [0.15, 0.2) is 0 Å². The lowest BCUT2D eigenvalue weighted by Crippen LogP contribution is -2.36. The molecule has 2 aromatic carbocycles. The number of methoxy groups -OCH3 is 1. The van der Waals surface area contributed by atoms with Crippen molar-refractivity contribution in [1.29, 1.82) is 0 Å². The topological polar surface area (TPSA) is 106 Å². The summed E-state index contributed by atoms with van der Waals surface area (Å²) in [6.07, 6.45) is 0. The molecule has 0 aliphatic carbocycles. The Bertz CT molecular complexity index is 924. The molecule has 0 fully saturated rings. The Morgan fingerprint density at radius 1 is 1.04 bits per heavy atom. The van der Waals surface area contributed by atoms with Crippen LogP contribution in [0.5, 0.6) is 5.75 Å². The van der Waals surface area contributed by atoms with Gasteiger partial charge in [-0.05, 0) is 30.3 Å². The van der Waals surface area contributed by atoms with Crippen LogP contribution in [0.1, 0.15) is 16.2 Å². The van der Waals surface area contributed by atoms with Gasteiger partial charge in [-0.3, -0.25) is 9.59 Å². The molecule has 8 heteroatoms. The zero-order valence-electron chi connectivity index (χ0n) is 14.6. The lowest BCUT2D eigenvalue weighted by Gasteiger charge is -2.05. The number of ether oxygens (including phenoxy) is 1. The number of carbonyl (C=O) groups excluding carboxylic acids is 2. The zero-order valence-corrected chi connectivity index (χ0v) is 14.6. The van der Waals surface area contributed by atoms with Crippen LogP contribution >= 0.6 is 0 Å². The van der Waals surface area contributed by atoms with Gasteiger partial charge in [0, 0.05) is 11.1 Å². The van der Waals surface area contributed by atoms with Crippen LogP contribution < -0.4 is 15.4 Å². The van der Waals surface area contributed by atoms with Gasteiger partial charge in [-0.25, -0.2) is 0 Å². The van der Waals surface area contributed by atoms with Crippen molar-refractivity contribution in [2.45, 2.75) is 6.54 Å². The fourth-order valence-corrected chi connectivity index (χ4v) is 2.29. The number of nitrogens with one attached hydrogen (secondary N) is 2. The third kappa shape index (κ3) is 4.91. The molecule has 0 unspecified atom stereocenters. The van der Waals surface area contributed by atoms with Gasteiger partial charge in [0.1, 0.15) is 5.75 Å². The zero-order chi connectivity index (χ0) is 19.1. The van der Waals surface area contributed by atoms with Crippen LogP contribution in [0.2, 0.25) is 0 Å². The van der Waals surface area contributed by atoms with Crippen LogP contribution in [-0.4, -0.2) is 35.7 Å². The van der Waals surface area contributed by atoms with Crippen molar-refractivity contribution in [2.75, 3.05) is 13.7 Å². The van der Waals surface area contributed by atoms with Crippen molar-refractivity contribution in [3.63, 3.8) is 0 Å². The Labute approximate surface area is 155 Å². The maximum Gasteiger partial charge on any atom is 0.251 e. The Morgan fingerprint density at radius 3 is 2.63 bits per heavy atom. The average Bonchev–Trinajstić information content (AvgIpc) is 3.20. The minimum atomic E-state index is -0.361. The summed E-state index contributed by atoms with van der Waals surface area (Å²) in [6, 6.07) is 15.9. The quantitative estimate of drug-likeness (QED) is 0.660. The molecule has 8 nitrogen and oxygen atoms in total. The first-order valence-electron chi connectivity index (χ1n) is 8.22. The smallest absolute Gasteiger partial charge is 0.251 e.